The molecular formula is C12H14BrN3O4. The van der Waals surface area contributed by atoms with Crippen LogP contribution in [0, 0.1) is 0 Å². The molecule has 0 aromatic heterocycles. The van der Waals surface area contributed by atoms with Crippen molar-refractivity contribution in [2.45, 2.75) is 18.9 Å². The van der Waals surface area contributed by atoms with Crippen LogP contribution in [-0.4, -0.2) is 28.9 Å². The summed E-state index contributed by atoms with van der Waals surface area (Å²) in [7, 11) is 0. The van der Waals surface area contributed by atoms with E-state index in [-0.39, 0.29) is 18.4 Å². The van der Waals surface area contributed by atoms with E-state index in [1.165, 1.54) is 12.1 Å². The van der Waals surface area contributed by atoms with Gasteiger partial charge >= 0.3 is 5.97 Å². The van der Waals surface area contributed by atoms with Crippen molar-refractivity contribution in [2.24, 2.45) is 5.73 Å². The van der Waals surface area contributed by atoms with E-state index in [1.54, 1.807) is 6.07 Å². The van der Waals surface area contributed by atoms with Crippen molar-refractivity contribution in [1.29, 1.82) is 0 Å². The topological polar surface area (TPSA) is 136 Å². The van der Waals surface area contributed by atoms with Crippen molar-refractivity contribution in [2.75, 3.05) is 5.73 Å². The Labute approximate surface area is 123 Å². The molecule has 0 heterocycles. The van der Waals surface area contributed by atoms with E-state index in [4.69, 9.17) is 16.6 Å². The fourth-order valence-corrected chi connectivity index (χ4v) is 1.72. The van der Waals surface area contributed by atoms with E-state index in [0.29, 0.717) is 10.2 Å². The van der Waals surface area contributed by atoms with Gasteiger partial charge in [-0.1, -0.05) is 0 Å². The number of halogens is 1. The van der Waals surface area contributed by atoms with Crippen molar-refractivity contribution in [1.82, 2.24) is 5.32 Å². The number of rotatable bonds is 6. The maximum absolute atomic E-state index is 11.9. The zero-order valence-corrected chi connectivity index (χ0v) is 12.0. The minimum Gasteiger partial charge on any atom is -0.480 e. The predicted octanol–water partition coefficient (Wildman–Crippen LogP) is 0.480. The van der Waals surface area contributed by atoms with Crippen LogP contribution in [0.1, 0.15) is 23.2 Å². The van der Waals surface area contributed by atoms with Crippen LogP contribution in [0.5, 0.6) is 0 Å². The Kier molecular flexibility index (Phi) is 5.51. The molecule has 0 aliphatic heterocycles. The number of aliphatic carboxylic acids is 1. The Bertz CT molecular complexity index is 548. The lowest BCUT2D eigenvalue weighted by atomic mass is 10.1. The van der Waals surface area contributed by atoms with Crippen LogP contribution < -0.4 is 16.8 Å². The lowest BCUT2D eigenvalue weighted by Gasteiger charge is -2.14. The normalized spacial score (nSPS) is 11.7. The summed E-state index contributed by atoms with van der Waals surface area (Å²) >= 11 is 3.19. The van der Waals surface area contributed by atoms with Crippen molar-refractivity contribution in [3.05, 3.63) is 28.2 Å². The number of anilines is 1. The van der Waals surface area contributed by atoms with Crippen LogP contribution in [0.4, 0.5) is 5.69 Å². The number of nitrogens with two attached hydrogens (primary N) is 2. The summed E-state index contributed by atoms with van der Waals surface area (Å²) in [5.74, 6) is -2.44. The SMILES string of the molecule is NC(=O)CCC(NC(=O)c1ccc(Br)c(N)c1)C(=O)O. The number of carbonyl (C=O) groups excluding carboxylic acids is 2. The third kappa shape index (κ3) is 4.54. The molecule has 20 heavy (non-hydrogen) atoms. The van der Waals surface area contributed by atoms with E-state index in [9.17, 15) is 14.4 Å². The first kappa shape index (κ1) is 16.0. The molecule has 1 aromatic rings. The molecule has 1 unspecified atom stereocenters. The number of nitrogen functional groups attached to an aromatic ring is 1. The number of amides is 2. The van der Waals surface area contributed by atoms with Crippen molar-refractivity contribution in [3.8, 4) is 0 Å². The monoisotopic (exact) mass is 343 g/mol. The van der Waals surface area contributed by atoms with Gasteiger partial charge in [-0.2, -0.15) is 0 Å². The first-order chi connectivity index (χ1) is 9.31. The Balaban J connectivity index is 2.77. The van der Waals surface area contributed by atoms with E-state index in [1.807, 2.05) is 0 Å². The van der Waals surface area contributed by atoms with Gasteiger partial charge < -0.3 is 21.9 Å². The number of carboxylic acid groups (broad SMARTS) is 1. The summed E-state index contributed by atoms with van der Waals surface area (Å²) in [6.07, 6.45) is -0.192. The molecule has 1 rings (SSSR count). The van der Waals surface area contributed by atoms with Gasteiger partial charge in [0.05, 0.1) is 0 Å². The first-order valence-electron chi connectivity index (χ1n) is 5.68. The number of carboxylic acids is 1. The number of benzene rings is 1. The molecule has 7 nitrogen and oxygen atoms in total. The Morgan fingerprint density at radius 2 is 2.00 bits per heavy atom. The van der Waals surface area contributed by atoms with Gasteiger partial charge in [0.2, 0.25) is 5.91 Å². The largest absolute Gasteiger partial charge is 0.480 e. The highest BCUT2D eigenvalue weighted by atomic mass is 79.9. The smallest absolute Gasteiger partial charge is 0.326 e. The van der Waals surface area contributed by atoms with Crippen LogP contribution in [0.15, 0.2) is 22.7 Å². The molecule has 0 saturated carbocycles. The quantitative estimate of drug-likeness (QED) is 0.557. The zero-order chi connectivity index (χ0) is 15.3. The summed E-state index contributed by atoms with van der Waals surface area (Å²) in [5, 5.41) is 11.3. The van der Waals surface area contributed by atoms with Gasteiger partial charge in [0.25, 0.3) is 5.91 Å². The van der Waals surface area contributed by atoms with Gasteiger partial charge in [-0.3, -0.25) is 9.59 Å². The maximum Gasteiger partial charge on any atom is 0.326 e. The Morgan fingerprint density at radius 1 is 1.35 bits per heavy atom. The molecule has 1 aromatic carbocycles. The van der Waals surface area contributed by atoms with Crippen molar-refractivity contribution < 1.29 is 19.5 Å². The van der Waals surface area contributed by atoms with E-state index >= 15 is 0 Å². The minimum atomic E-state index is -1.23. The highest BCUT2D eigenvalue weighted by Gasteiger charge is 2.21. The third-order valence-electron chi connectivity index (χ3n) is 2.54. The molecule has 108 valence electrons. The molecule has 2 amide bonds. The molecular weight excluding hydrogens is 330 g/mol. The molecule has 0 radical (unpaired) electrons. The second-order valence-corrected chi connectivity index (χ2v) is 4.96. The molecule has 1 atom stereocenters. The van der Waals surface area contributed by atoms with Gasteiger partial charge in [0, 0.05) is 22.1 Å². The maximum atomic E-state index is 11.9. The second kappa shape index (κ2) is 6.90. The average molecular weight is 344 g/mol. The van der Waals surface area contributed by atoms with E-state index in [0.717, 1.165) is 0 Å². The number of hydrogen-bond acceptors (Lipinski definition) is 4. The van der Waals surface area contributed by atoms with Gasteiger partial charge in [-0.15, -0.1) is 0 Å². The summed E-state index contributed by atoms with van der Waals surface area (Å²) in [5.41, 5.74) is 11.2. The van der Waals surface area contributed by atoms with Crippen LogP contribution in [-0.2, 0) is 9.59 Å². The lowest BCUT2D eigenvalue weighted by molar-refractivity contribution is -0.139. The van der Waals surface area contributed by atoms with Crippen molar-refractivity contribution in [3.63, 3.8) is 0 Å². The van der Waals surface area contributed by atoms with Gasteiger partial charge in [-0.25, -0.2) is 4.79 Å². The average Bonchev–Trinajstić information content (AvgIpc) is 2.36. The predicted molar refractivity (Wildman–Crippen MR) is 75.9 cm³/mol. The van der Waals surface area contributed by atoms with Gasteiger partial charge in [0.1, 0.15) is 6.04 Å². The van der Waals surface area contributed by atoms with Crippen LogP contribution in [0.3, 0.4) is 0 Å². The summed E-state index contributed by atoms with van der Waals surface area (Å²) < 4.78 is 0.637. The molecule has 8 heteroatoms. The van der Waals surface area contributed by atoms with E-state index < -0.39 is 23.8 Å². The number of hydrogen-bond donors (Lipinski definition) is 4. The van der Waals surface area contributed by atoms with Crippen molar-refractivity contribution >= 4 is 39.4 Å². The Hall–Kier alpha value is -2.09. The second-order valence-electron chi connectivity index (χ2n) is 4.11. The molecule has 0 bridgehead atoms. The van der Waals surface area contributed by atoms with Gasteiger partial charge in [0.15, 0.2) is 0 Å². The molecule has 0 fully saturated rings. The number of primary amides is 1. The molecule has 0 aliphatic carbocycles. The fraction of sp³-hybridized carbons (Fsp3) is 0.250. The Morgan fingerprint density at radius 3 is 2.50 bits per heavy atom. The van der Waals surface area contributed by atoms with Crippen LogP contribution in [0.2, 0.25) is 0 Å². The standard InChI is InChI=1S/C12H14BrN3O4/c13-7-2-1-6(5-8(7)14)11(18)16-9(12(19)20)3-4-10(15)17/h1-2,5,9H,3-4,14H2,(H2,15,17)(H,16,18)(H,19,20). The lowest BCUT2D eigenvalue weighted by Crippen LogP contribution is -2.41. The first-order valence-corrected chi connectivity index (χ1v) is 6.47. The number of carbonyl (C=O) groups is 3. The summed E-state index contributed by atoms with van der Waals surface area (Å²) in [6.45, 7) is 0. The molecule has 0 saturated heterocycles. The third-order valence-corrected chi connectivity index (χ3v) is 3.26. The highest BCUT2D eigenvalue weighted by Crippen LogP contribution is 2.20. The van der Waals surface area contributed by atoms with E-state index in [2.05, 4.69) is 21.2 Å². The highest BCUT2D eigenvalue weighted by molar-refractivity contribution is 9.10. The van der Waals surface area contributed by atoms with Crippen LogP contribution in [0.25, 0.3) is 0 Å². The molecule has 6 N–H and O–H groups in total. The zero-order valence-electron chi connectivity index (χ0n) is 10.4. The molecule has 0 spiro atoms. The fourth-order valence-electron chi connectivity index (χ4n) is 1.47. The molecule has 0 aliphatic rings. The van der Waals surface area contributed by atoms with Crippen LogP contribution >= 0.6 is 15.9 Å². The minimum absolute atomic E-state index is 0.0670. The summed E-state index contributed by atoms with van der Waals surface area (Å²) in [6, 6.07) is 3.33. The van der Waals surface area contributed by atoms with Gasteiger partial charge in [-0.05, 0) is 40.5 Å². The summed E-state index contributed by atoms with van der Waals surface area (Å²) in [4.78, 5) is 33.6. The number of nitrogens with one attached hydrogen (secondary N) is 1.